The van der Waals surface area contributed by atoms with Gasteiger partial charge >= 0.3 is 6.36 Å². The monoisotopic (exact) mass is 523 g/mol. The maximum Gasteiger partial charge on any atom is 0.573 e. The Balaban J connectivity index is 1.15. The summed E-state index contributed by atoms with van der Waals surface area (Å²) in [6.45, 7) is 5.76. The maximum atomic E-state index is 12.9. The third kappa shape index (κ3) is 5.74. The molecule has 2 aromatic carbocycles. The minimum Gasteiger partial charge on any atom is -0.406 e. The van der Waals surface area contributed by atoms with Crippen LogP contribution < -0.4 is 15.0 Å². The number of benzene rings is 2. The molecule has 0 radical (unpaired) electrons. The molecule has 1 saturated heterocycles. The number of halogens is 3. The number of carbonyl (C=O) groups is 1. The van der Waals surface area contributed by atoms with Crippen molar-refractivity contribution >= 4 is 17.2 Å². The molecule has 0 aliphatic carbocycles. The van der Waals surface area contributed by atoms with E-state index in [1.54, 1.807) is 29.8 Å². The second-order valence-electron chi connectivity index (χ2n) is 9.52. The van der Waals surface area contributed by atoms with Crippen LogP contribution in [0.3, 0.4) is 0 Å². The van der Waals surface area contributed by atoms with Crippen LogP contribution in [0.1, 0.15) is 51.6 Å². The van der Waals surface area contributed by atoms with Crippen molar-refractivity contribution in [1.29, 1.82) is 0 Å². The lowest BCUT2D eigenvalue weighted by atomic mass is 9.89. The van der Waals surface area contributed by atoms with E-state index < -0.39 is 6.36 Å². The highest BCUT2D eigenvalue weighted by atomic mass is 19.4. The first-order valence-electron chi connectivity index (χ1n) is 12.5. The molecule has 0 saturated carbocycles. The number of fused-ring (bicyclic) bond motifs is 1. The molecule has 5 rings (SSSR count). The fraction of sp³-hybridized carbons (Fsp3) is 0.321. The van der Waals surface area contributed by atoms with Crippen LogP contribution in [0.5, 0.6) is 5.75 Å². The van der Waals surface area contributed by atoms with Gasteiger partial charge in [0.15, 0.2) is 5.65 Å². The summed E-state index contributed by atoms with van der Waals surface area (Å²) < 4.78 is 42.7. The first-order chi connectivity index (χ1) is 18.2. The van der Waals surface area contributed by atoms with E-state index in [0.29, 0.717) is 29.4 Å². The molecule has 198 valence electrons. The number of anilines is 1. The first-order valence-corrected chi connectivity index (χ1v) is 12.5. The number of hydrogen-bond donors (Lipinski definition) is 1. The van der Waals surface area contributed by atoms with Crippen LogP contribution in [0.25, 0.3) is 5.65 Å². The Morgan fingerprint density at radius 1 is 1.03 bits per heavy atom. The molecule has 4 aromatic rings. The topological polar surface area (TPSA) is 71.8 Å². The number of rotatable bonds is 6. The molecule has 3 heterocycles. The standard InChI is InChI=1S/C28H28F3N5O2/c1-18-11-16-36-26(33-18)25(19(2)34-36)27(37)32-17-20-3-7-23(8-4-20)35-14-12-22(13-15-35)21-5-9-24(10-6-21)38-28(29,30)31/h3-11,16,22H,12-15,17H2,1-2H3,(H,32,37). The molecule has 7 nitrogen and oxygen atoms in total. The summed E-state index contributed by atoms with van der Waals surface area (Å²) in [5.41, 5.74) is 5.59. The Morgan fingerprint density at radius 3 is 2.37 bits per heavy atom. The molecule has 0 unspecified atom stereocenters. The number of aromatic nitrogens is 3. The van der Waals surface area contributed by atoms with E-state index >= 15 is 0 Å². The molecule has 0 bridgehead atoms. The van der Waals surface area contributed by atoms with E-state index in [0.717, 1.165) is 48.4 Å². The molecule has 2 aromatic heterocycles. The maximum absolute atomic E-state index is 12.9. The number of piperidine rings is 1. The normalized spacial score (nSPS) is 14.6. The molecule has 1 amide bonds. The van der Waals surface area contributed by atoms with E-state index in [4.69, 9.17) is 0 Å². The number of aryl methyl sites for hydroxylation is 2. The second-order valence-corrected chi connectivity index (χ2v) is 9.52. The highest BCUT2D eigenvalue weighted by Gasteiger charge is 2.31. The van der Waals surface area contributed by atoms with Gasteiger partial charge in [-0.2, -0.15) is 5.10 Å². The smallest absolute Gasteiger partial charge is 0.406 e. The Labute approximate surface area is 218 Å². The van der Waals surface area contributed by atoms with Crippen LogP contribution in [-0.2, 0) is 6.54 Å². The summed E-state index contributed by atoms with van der Waals surface area (Å²) in [6.07, 6.45) is -1.07. The van der Waals surface area contributed by atoms with Crippen LogP contribution >= 0.6 is 0 Å². The van der Waals surface area contributed by atoms with Gasteiger partial charge in [-0.15, -0.1) is 13.2 Å². The lowest BCUT2D eigenvalue weighted by Crippen LogP contribution is -2.32. The lowest BCUT2D eigenvalue weighted by Gasteiger charge is -2.34. The molecule has 1 aliphatic heterocycles. The van der Waals surface area contributed by atoms with E-state index in [2.05, 4.69) is 37.2 Å². The molecule has 1 N–H and O–H groups in total. The van der Waals surface area contributed by atoms with Gasteiger partial charge in [-0.25, -0.2) is 9.50 Å². The number of nitrogens with one attached hydrogen (secondary N) is 1. The number of amides is 1. The second kappa shape index (κ2) is 10.4. The van der Waals surface area contributed by atoms with E-state index in [-0.39, 0.29) is 11.7 Å². The van der Waals surface area contributed by atoms with Crippen molar-refractivity contribution in [2.75, 3.05) is 18.0 Å². The van der Waals surface area contributed by atoms with Gasteiger partial charge in [0, 0.05) is 37.2 Å². The third-order valence-corrected chi connectivity index (χ3v) is 6.86. The number of nitrogens with zero attached hydrogens (tertiary/aromatic N) is 4. The van der Waals surface area contributed by atoms with E-state index in [9.17, 15) is 18.0 Å². The highest BCUT2D eigenvalue weighted by Crippen LogP contribution is 2.32. The zero-order chi connectivity index (χ0) is 26.9. The number of alkyl halides is 3. The lowest BCUT2D eigenvalue weighted by molar-refractivity contribution is -0.274. The first kappa shape index (κ1) is 25.6. The van der Waals surface area contributed by atoms with Gasteiger partial charge in [-0.3, -0.25) is 4.79 Å². The number of ether oxygens (including phenoxy) is 1. The van der Waals surface area contributed by atoms with Gasteiger partial charge in [-0.05, 0) is 74.1 Å². The fourth-order valence-corrected chi connectivity index (χ4v) is 4.90. The molecule has 38 heavy (non-hydrogen) atoms. The van der Waals surface area contributed by atoms with E-state index in [1.165, 1.54) is 12.1 Å². The summed E-state index contributed by atoms with van der Waals surface area (Å²) in [4.78, 5) is 19.7. The minimum absolute atomic E-state index is 0.199. The van der Waals surface area contributed by atoms with Crippen LogP contribution in [0, 0.1) is 13.8 Å². The molecular formula is C28H28F3N5O2. The molecule has 10 heteroatoms. The van der Waals surface area contributed by atoms with Gasteiger partial charge in [0.2, 0.25) is 0 Å². The predicted octanol–water partition coefficient (Wildman–Crippen LogP) is 5.56. The van der Waals surface area contributed by atoms with Crippen LogP contribution in [0.15, 0.2) is 60.8 Å². The Hall–Kier alpha value is -4.08. The van der Waals surface area contributed by atoms with Crippen LogP contribution in [0.2, 0.25) is 0 Å². The SMILES string of the molecule is Cc1ccn2nc(C)c(C(=O)NCc3ccc(N4CCC(c5ccc(OC(F)(F)F)cc5)CC4)cc3)c2n1. The Kier molecular flexibility index (Phi) is 6.96. The van der Waals surface area contributed by atoms with Crippen molar-refractivity contribution < 1.29 is 22.7 Å². The molecule has 1 aliphatic rings. The summed E-state index contributed by atoms with van der Waals surface area (Å²) in [6, 6.07) is 16.2. The Morgan fingerprint density at radius 2 is 1.71 bits per heavy atom. The number of carbonyl (C=O) groups excluding carboxylic acids is 1. The summed E-state index contributed by atoms with van der Waals surface area (Å²) in [5.74, 6) is -0.113. The van der Waals surface area contributed by atoms with Gasteiger partial charge < -0.3 is 15.0 Å². The summed E-state index contributed by atoms with van der Waals surface area (Å²) >= 11 is 0. The van der Waals surface area contributed by atoms with Gasteiger partial charge in [0.25, 0.3) is 5.91 Å². The van der Waals surface area contributed by atoms with Gasteiger partial charge in [-0.1, -0.05) is 24.3 Å². The Bertz CT molecular complexity index is 1420. The molecule has 0 atom stereocenters. The average Bonchev–Trinajstić information content (AvgIpc) is 3.22. The molecule has 0 spiro atoms. The highest BCUT2D eigenvalue weighted by molar-refractivity contribution is 6.01. The zero-order valence-electron chi connectivity index (χ0n) is 21.1. The molecular weight excluding hydrogens is 495 g/mol. The van der Waals surface area contributed by atoms with Crippen LogP contribution in [0.4, 0.5) is 18.9 Å². The van der Waals surface area contributed by atoms with Crippen molar-refractivity contribution in [3.63, 3.8) is 0 Å². The summed E-state index contributed by atoms with van der Waals surface area (Å²) in [5, 5.41) is 7.35. The quantitative estimate of drug-likeness (QED) is 0.358. The van der Waals surface area contributed by atoms with Crippen LogP contribution in [-0.4, -0.2) is 40.0 Å². The van der Waals surface area contributed by atoms with Crippen molar-refractivity contribution in [3.8, 4) is 5.75 Å². The van der Waals surface area contributed by atoms with Crippen molar-refractivity contribution in [3.05, 3.63) is 88.9 Å². The minimum atomic E-state index is -4.68. The molecule has 1 fully saturated rings. The largest absolute Gasteiger partial charge is 0.573 e. The van der Waals surface area contributed by atoms with Gasteiger partial charge in [0.1, 0.15) is 11.3 Å². The van der Waals surface area contributed by atoms with Crippen molar-refractivity contribution in [2.45, 2.75) is 45.5 Å². The predicted molar refractivity (Wildman–Crippen MR) is 137 cm³/mol. The number of hydrogen-bond acceptors (Lipinski definition) is 5. The van der Waals surface area contributed by atoms with E-state index in [1.807, 2.05) is 25.1 Å². The van der Waals surface area contributed by atoms with Crippen molar-refractivity contribution in [2.24, 2.45) is 0 Å². The summed E-state index contributed by atoms with van der Waals surface area (Å²) in [7, 11) is 0. The van der Waals surface area contributed by atoms with Crippen molar-refractivity contribution in [1.82, 2.24) is 19.9 Å². The average molecular weight is 524 g/mol. The zero-order valence-corrected chi connectivity index (χ0v) is 21.1. The fourth-order valence-electron chi connectivity index (χ4n) is 4.90. The third-order valence-electron chi connectivity index (χ3n) is 6.86. The van der Waals surface area contributed by atoms with Gasteiger partial charge in [0.05, 0.1) is 5.69 Å².